The van der Waals surface area contributed by atoms with Gasteiger partial charge < -0.3 is 43.6 Å². The minimum Gasteiger partial charge on any atom is -0.494 e. The number of nitrogens with one attached hydrogen (secondary N) is 2. The Hall–Kier alpha value is -6.85. The van der Waals surface area contributed by atoms with Gasteiger partial charge in [-0.15, -0.1) is 0 Å². The van der Waals surface area contributed by atoms with Gasteiger partial charge in [-0.05, 0) is 57.9 Å². The first-order valence-corrected chi connectivity index (χ1v) is 18.3. The zero-order valence-corrected chi connectivity index (χ0v) is 33.1. The van der Waals surface area contributed by atoms with Crippen LogP contribution in [0.3, 0.4) is 0 Å². The molecule has 0 atom stereocenters. The second kappa shape index (κ2) is 16.1. The highest BCUT2D eigenvalue weighted by Crippen LogP contribution is 2.35. The highest BCUT2D eigenvalue weighted by atomic mass is 16.6. The molecule has 6 aromatic rings. The number of carbonyl (C=O) groups is 3. The fourth-order valence-electron chi connectivity index (χ4n) is 6.24. The first kappa shape index (κ1) is 39.8. The summed E-state index contributed by atoms with van der Waals surface area (Å²) in [5.41, 5.74) is 14.3. The lowest BCUT2D eigenvalue weighted by Gasteiger charge is -2.19. The van der Waals surface area contributed by atoms with Gasteiger partial charge in [0.1, 0.15) is 39.5 Å². The molecule has 0 spiro atoms. The van der Waals surface area contributed by atoms with E-state index in [1.54, 1.807) is 52.8 Å². The van der Waals surface area contributed by atoms with Crippen molar-refractivity contribution in [2.75, 3.05) is 24.4 Å². The molecule has 0 fully saturated rings. The molecule has 0 aliphatic rings. The van der Waals surface area contributed by atoms with E-state index in [0.717, 1.165) is 5.69 Å². The van der Waals surface area contributed by atoms with E-state index in [4.69, 9.17) is 44.5 Å². The summed E-state index contributed by atoms with van der Waals surface area (Å²) in [5.74, 6) is 1.18. The van der Waals surface area contributed by atoms with Crippen LogP contribution in [0.25, 0.3) is 22.1 Å². The number of aryl methyl sites for hydroxylation is 4. The minimum absolute atomic E-state index is 0.131. The maximum Gasteiger partial charge on any atom is 0.344 e. The molecule has 0 saturated carbocycles. The second-order valence-electron chi connectivity index (χ2n) is 14.0. The number of allylic oxidation sites excluding steroid dienone is 2. The second-order valence-corrected chi connectivity index (χ2v) is 14.0. The van der Waals surface area contributed by atoms with Gasteiger partial charge in [0.15, 0.2) is 18.4 Å². The molecule has 0 bridgehead atoms. The molecule has 0 aliphatic carbocycles. The molecule has 18 nitrogen and oxygen atoms in total. The standard InChI is InChI=1S/C39H46N10O8/c1-9-24-35(55-20(3)42-24)46-37-44-26-15-22(33(40)51)17-28(53-8)31(26)48(37)13-11-12-14-49-32-27(45-38(49)47-36-25(10-2)43-21(4)56-36)16-23(34(41)52)18-29(32)54-19-30(50)57-39(5,6)7/h11-12,15-18H,9-10,13-14,19H2,1-8H3,(H2,40,51)(H2,41,52)(H,44,46)(H,45,47)/b12-11+. The zero-order chi connectivity index (χ0) is 41.2. The van der Waals surface area contributed by atoms with Crippen molar-refractivity contribution in [3.8, 4) is 11.5 Å². The number of aromatic nitrogens is 6. The van der Waals surface area contributed by atoms with E-state index in [9.17, 15) is 14.4 Å². The summed E-state index contributed by atoms with van der Waals surface area (Å²) in [6, 6.07) is 6.18. The number of anilines is 4. The molecule has 57 heavy (non-hydrogen) atoms. The van der Waals surface area contributed by atoms with E-state index in [0.29, 0.717) is 81.8 Å². The Labute approximate surface area is 327 Å². The van der Waals surface area contributed by atoms with Crippen LogP contribution in [-0.4, -0.2) is 66.2 Å². The number of rotatable bonds is 16. The number of amides is 2. The van der Waals surface area contributed by atoms with Crippen LogP contribution < -0.4 is 31.6 Å². The average Bonchev–Trinajstić information content (AvgIpc) is 3.89. The van der Waals surface area contributed by atoms with Gasteiger partial charge in [0, 0.05) is 38.1 Å². The SMILES string of the molecule is CCc1nc(C)oc1Nc1nc2cc(C(N)=O)cc(OC)c2n1C/C=C/Cn1c(Nc2oc(C)nc2CC)nc2cc(C(N)=O)cc(OCC(=O)OC(C)(C)C)c21. The van der Waals surface area contributed by atoms with Crippen LogP contribution in [0.1, 0.15) is 78.5 Å². The molecule has 6 N–H and O–H groups in total. The van der Waals surface area contributed by atoms with Crippen molar-refractivity contribution in [1.29, 1.82) is 0 Å². The molecule has 6 rings (SSSR count). The van der Waals surface area contributed by atoms with E-state index in [-0.39, 0.29) is 30.0 Å². The first-order chi connectivity index (χ1) is 27.1. The maximum absolute atomic E-state index is 12.7. The van der Waals surface area contributed by atoms with Gasteiger partial charge in [-0.1, -0.05) is 26.0 Å². The molecule has 18 heteroatoms. The molecule has 0 aliphatic heterocycles. The van der Waals surface area contributed by atoms with Crippen molar-refractivity contribution in [3.05, 3.63) is 70.7 Å². The van der Waals surface area contributed by atoms with Crippen molar-refractivity contribution in [3.63, 3.8) is 0 Å². The summed E-state index contributed by atoms with van der Waals surface area (Å²) in [6.07, 6.45) is 5.00. The van der Waals surface area contributed by atoms with Crippen LogP contribution in [-0.2, 0) is 35.5 Å². The lowest BCUT2D eigenvalue weighted by molar-refractivity contribution is -0.157. The number of hydrogen-bond acceptors (Lipinski definition) is 14. The monoisotopic (exact) mass is 782 g/mol. The smallest absolute Gasteiger partial charge is 0.344 e. The summed E-state index contributed by atoms with van der Waals surface area (Å²) in [6.45, 7) is 12.7. The molecule has 4 heterocycles. The van der Waals surface area contributed by atoms with Gasteiger partial charge in [-0.3, -0.25) is 20.2 Å². The van der Waals surface area contributed by atoms with Gasteiger partial charge in [-0.25, -0.2) is 24.7 Å². The first-order valence-electron chi connectivity index (χ1n) is 18.3. The van der Waals surface area contributed by atoms with Crippen LogP contribution in [0.15, 0.2) is 45.3 Å². The third-order valence-corrected chi connectivity index (χ3v) is 8.64. The Balaban J connectivity index is 1.43. The third-order valence-electron chi connectivity index (χ3n) is 8.64. The highest BCUT2D eigenvalue weighted by molar-refractivity contribution is 6.00. The zero-order valence-electron chi connectivity index (χ0n) is 33.1. The number of carbonyl (C=O) groups excluding carboxylic acids is 3. The number of benzene rings is 2. The fourth-order valence-corrected chi connectivity index (χ4v) is 6.24. The van der Waals surface area contributed by atoms with Crippen molar-refractivity contribution < 1.29 is 37.4 Å². The summed E-state index contributed by atoms with van der Waals surface area (Å²) < 4.78 is 32.6. The number of methoxy groups -OCH3 is 1. The normalized spacial score (nSPS) is 11.8. The van der Waals surface area contributed by atoms with E-state index < -0.39 is 30.0 Å². The van der Waals surface area contributed by atoms with Crippen molar-refractivity contribution in [2.45, 2.75) is 80.0 Å². The van der Waals surface area contributed by atoms with Crippen LogP contribution in [0.5, 0.6) is 11.5 Å². The number of primary amides is 2. The van der Waals surface area contributed by atoms with Crippen molar-refractivity contribution in [2.24, 2.45) is 11.5 Å². The van der Waals surface area contributed by atoms with Gasteiger partial charge >= 0.3 is 5.97 Å². The van der Waals surface area contributed by atoms with Crippen LogP contribution in [0, 0.1) is 13.8 Å². The van der Waals surface area contributed by atoms with E-state index >= 15 is 0 Å². The molecule has 2 aromatic carbocycles. The Morgan fingerprint density at radius 1 is 0.754 bits per heavy atom. The summed E-state index contributed by atoms with van der Waals surface area (Å²) in [7, 11) is 1.50. The molecule has 0 unspecified atom stereocenters. The Morgan fingerprint density at radius 2 is 1.21 bits per heavy atom. The van der Waals surface area contributed by atoms with Gasteiger partial charge in [0.05, 0.1) is 18.1 Å². The highest BCUT2D eigenvalue weighted by Gasteiger charge is 2.24. The molecule has 0 saturated heterocycles. The van der Waals surface area contributed by atoms with Gasteiger partial charge in [0.2, 0.25) is 35.5 Å². The van der Waals surface area contributed by atoms with Crippen LogP contribution >= 0.6 is 0 Å². The minimum atomic E-state index is -0.739. The summed E-state index contributed by atoms with van der Waals surface area (Å²) in [4.78, 5) is 55.9. The maximum atomic E-state index is 12.7. The molecule has 4 aromatic heterocycles. The lowest BCUT2D eigenvalue weighted by Crippen LogP contribution is -2.27. The van der Waals surface area contributed by atoms with E-state index in [1.807, 2.05) is 35.1 Å². The summed E-state index contributed by atoms with van der Waals surface area (Å²) >= 11 is 0. The molecule has 0 radical (unpaired) electrons. The number of ether oxygens (including phenoxy) is 3. The Kier molecular flexibility index (Phi) is 11.2. The van der Waals surface area contributed by atoms with Gasteiger partial charge in [0.25, 0.3) is 0 Å². The van der Waals surface area contributed by atoms with Crippen molar-refractivity contribution in [1.82, 2.24) is 29.1 Å². The fraction of sp³-hybridized carbons (Fsp3) is 0.359. The Bertz CT molecular complexity index is 2520. The van der Waals surface area contributed by atoms with Crippen LogP contribution in [0.4, 0.5) is 23.7 Å². The summed E-state index contributed by atoms with van der Waals surface area (Å²) in [5, 5.41) is 6.53. The number of esters is 1. The lowest BCUT2D eigenvalue weighted by atomic mass is 10.1. The predicted octanol–water partition coefficient (Wildman–Crippen LogP) is 5.77. The van der Waals surface area contributed by atoms with E-state index in [2.05, 4.69) is 20.6 Å². The number of nitrogens with two attached hydrogens (primary N) is 2. The quantitative estimate of drug-likeness (QED) is 0.0673. The molecule has 2 amide bonds. The number of imidazole rings is 2. The number of hydrogen-bond donors (Lipinski definition) is 4. The Morgan fingerprint density at radius 3 is 1.63 bits per heavy atom. The largest absolute Gasteiger partial charge is 0.494 e. The molecular formula is C39H46N10O8. The molecular weight excluding hydrogens is 736 g/mol. The van der Waals surface area contributed by atoms with Crippen LogP contribution in [0.2, 0.25) is 0 Å². The number of fused-ring (bicyclic) bond motifs is 2. The third kappa shape index (κ3) is 8.69. The predicted molar refractivity (Wildman–Crippen MR) is 211 cm³/mol. The molecule has 300 valence electrons. The average molecular weight is 783 g/mol. The number of oxazole rings is 2. The van der Waals surface area contributed by atoms with Gasteiger partial charge in [-0.2, -0.15) is 0 Å². The number of nitrogens with zero attached hydrogens (tertiary/aromatic N) is 6. The van der Waals surface area contributed by atoms with E-state index in [1.165, 1.54) is 13.2 Å². The topological polar surface area (TPSA) is 243 Å². The van der Waals surface area contributed by atoms with Crippen molar-refractivity contribution >= 4 is 63.5 Å².